The molecule has 0 bridgehead atoms. The van der Waals surface area contributed by atoms with Gasteiger partial charge in [0.05, 0.1) is 29.8 Å². The van der Waals surface area contributed by atoms with Crippen LogP contribution < -0.4 is 15.4 Å². The minimum atomic E-state index is -0.327. The molecule has 3 aromatic rings. The number of rotatable bonds is 10. The molecule has 34 heavy (non-hydrogen) atoms. The first-order valence-corrected chi connectivity index (χ1v) is 11.4. The number of fused-ring (bicyclic) bond motifs is 1. The number of hydrogen-bond donors (Lipinski definition) is 2. The van der Waals surface area contributed by atoms with E-state index in [1.54, 1.807) is 42.5 Å². The quantitative estimate of drug-likeness (QED) is 0.353. The molecule has 3 aromatic carbocycles. The lowest BCUT2D eigenvalue weighted by Crippen LogP contribution is -2.29. The van der Waals surface area contributed by atoms with Gasteiger partial charge < -0.3 is 15.4 Å². The Hall–Kier alpha value is -4.13. The smallest absolute Gasteiger partial charge is 0.261 e. The largest absolute Gasteiger partial charge is 0.493 e. The molecule has 0 aromatic heterocycles. The summed E-state index contributed by atoms with van der Waals surface area (Å²) in [7, 11) is 0. The summed E-state index contributed by atoms with van der Waals surface area (Å²) in [4.78, 5) is 39.5. The Kier molecular flexibility index (Phi) is 7.22. The van der Waals surface area contributed by atoms with Crippen LogP contribution >= 0.6 is 0 Å². The van der Waals surface area contributed by atoms with E-state index < -0.39 is 0 Å². The first-order valence-electron chi connectivity index (χ1n) is 11.4. The number of nitrogens with zero attached hydrogens (tertiary/aromatic N) is 1. The zero-order valence-corrected chi connectivity index (χ0v) is 19.0. The molecule has 0 atom stereocenters. The van der Waals surface area contributed by atoms with E-state index in [1.807, 2.05) is 37.3 Å². The number of carbonyl (C=O) groups is 3. The maximum atomic E-state index is 12.9. The van der Waals surface area contributed by atoms with Crippen molar-refractivity contribution < 1.29 is 19.1 Å². The standard InChI is InChI=1S/C27H27N3O4/c1-2-34-24-14-13-19(18-30-26(32)21-11-6-7-12-22(21)27(30)33)17-23(24)25(31)29-16-8-15-28-20-9-4-3-5-10-20/h3-7,9-14,17,28H,2,8,15-16,18H2,1H3,(H,29,31). The van der Waals surface area contributed by atoms with Gasteiger partial charge >= 0.3 is 0 Å². The molecule has 0 spiro atoms. The molecule has 0 saturated heterocycles. The predicted molar refractivity (Wildman–Crippen MR) is 130 cm³/mol. The zero-order chi connectivity index (χ0) is 23.9. The highest BCUT2D eigenvalue weighted by Gasteiger charge is 2.35. The first-order chi connectivity index (χ1) is 16.6. The van der Waals surface area contributed by atoms with E-state index in [-0.39, 0.29) is 24.3 Å². The molecule has 1 aliphatic rings. The number of hydrogen-bond acceptors (Lipinski definition) is 5. The van der Waals surface area contributed by atoms with Gasteiger partial charge in [0.25, 0.3) is 17.7 Å². The molecule has 0 radical (unpaired) electrons. The fraction of sp³-hybridized carbons (Fsp3) is 0.222. The number of ether oxygens (including phenoxy) is 1. The molecule has 0 aliphatic carbocycles. The summed E-state index contributed by atoms with van der Waals surface area (Å²) in [6, 6.07) is 21.8. The van der Waals surface area contributed by atoms with Crippen molar-refractivity contribution >= 4 is 23.4 Å². The average molecular weight is 458 g/mol. The van der Waals surface area contributed by atoms with Crippen molar-refractivity contribution in [3.63, 3.8) is 0 Å². The van der Waals surface area contributed by atoms with Crippen LogP contribution in [0.4, 0.5) is 5.69 Å². The van der Waals surface area contributed by atoms with Gasteiger partial charge in [-0.2, -0.15) is 0 Å². The number of amides is 3. The van der Waals surface area contributed by atoms with Crippen LogP contribution in [0.15, 0.2) is 72.8 Å². The van der Waals surface area contributed by atoms with Crippen LogP contribution in [0.5, 0.6) is 5.75 Å². The van der Waals surface area contributed by atoms with Gasteiger partial charge in [0.2, 0.25) is 0 Å². The van der Waals surface area contributed by atoms with E-state index in [1.165, 1.54) is 4.90 Å². The molecular weight excluding hydrogens is 430 g/mol. The van der Waals surface area contributed by atoms with Gasteiger partial charge in [-0.3, -0.25) is 19.3 Å². The average Bonchev–Trinajstić information content (AvgIpc) is 3.10. The highest BCUT2D eigenvalue weighted by Crippen LogP contribution is 2.26. The third-order valence-electron chi connectivity index (χ3n) is 5.55. The molecule has 174 valence electrons. The molecule has 2 N–H and O–H groups in total. The first kappa shape index (κ1) is 23.0. The fourth-order valence-electron chi connectivity index (χ4n) is 3.87. The van der Waals surface area contributed by atoms with Gasteiger partial charge in [0.15, 0.2) is 0 Å². The number of para-hydroxylation sites is 1. The molecule has 1 heterocycles. The Balaban J connectivity index is 1.40. The molecule has 4 rings (SSSR count). The number of carbonyl (C=O) groups excluding carboxylic acids is 3. The van der Waals surface area contributed by atoms with Crippen molar-refractivity contribution in [2.75, 3.05) is 25.0 Å². The third-order valence-corrected chi connectivity index (χ3v) is 5.55. The second kappa shape index (κ2) is 10.7. The van der Waals surface area contributed by atoms with Crippen LogP contribution in [0.3, 0.4) is 0 Å². The van der Waals surface area contributed by atoms with Gasteiger partial charge in [-0.05, 0) is 55.3 Å². The predicted octanol–water partition coefficient (Wildman–Crippen LogP) is 4.11. The van der Waals surface area contributed by atoms with Crippen molar-refractivity contribution in [3.8, 4) is 5.75 Å². The number of benzene rings is 3. The molecule has 1 aliphatic heterocycles. The second-order valence-electron chi connectivity index (χ2n) is 7.91. The zero-order valence-electron chi connectivity index (χ0n) is 19.0. The van der Waals surface area contributed by atoms with E-state index >= 15 is 0 Å². The van der Waals surface area contributed by atoms with Crippen molar-refractivity contribution in [2.45, 2.75) is 19.9 Å². The summed E-state index contributed by atoms with van der Waals surface area (Å²) in [6.07, 6.45) is 0.749. The van der Waals surface area contributed by atoms with E-state index in [0.717, 1.165) is 18.7 Å². The van der Waals surface area contributed by atoms with Gasteiger partial charge in [0, 0.05) is 18.8 Å². The lowest BCUT2D eigenvalue weighted by Gasteiger charge is -2.16. The monoisotopic (exact) mass is 457 g/mol. The van der Waals surface area contributed by atoms with Crippen molar-refractivity contribution in [1.82, 2.24) is 10.2 Å². The van der Waals surface area contributed by atoms with E-state index in [2.05, 4.69) is 10.6 Å². The summed E-state index contributed by atoms with van der Waals surface area (Å²) in [5, 5.41) is 6.24. The maximum absolute atomic E-state index is 12.9. The summed E-state index contributed by atoms with van der Waals surface area (Å²) in [5.41, 5.74) is 2.90. The molecule has 7 nitrogen and oxygen atoms in total. The summed E-state index contributed by atoms with van der Waals surface area (Å²) in [5.74, 6) is -0.446. The van der Waals surface area contributed by atoms with Crippen LogP contribution in [0.1, 0.15) is 50.0 Å². The molecular formula is C27H27N3O4. The van der Waals surface area contributed by atoms with Crippen molar-refractivity contribution in [1.29, 1.82) is 0 Å². The minimum Gasteiger partial charge on any atom is -0.493 e. The fourth-order valence-corrected chi connectivity index (χ4v) is 3.87. The normalized spacial score (nSPS) is 12.4. The number of nitrogens with one attached hydrogen (secondary N) is 2. The number of anilines is 1. The topological polar surface area (TPSA) is 87.7 Å². The van der Waals surface area contributed by atoms with Gasteiger partial charge in [0.1, 0.15) is 5.75 Å². The summed E-state index contributed by atoms with van der Waals surface area (Å²) < 4.78 is 5.64. The van der Waals surface area contributed by atoms with Crippen LogP contribution in [0.2, 0.25) is 0 Å². The van der Waals surface area contributed by atoms with Crippen LogP contribution in [-0.2, 0) is 6.54 Å². The highest BCUT2D eigenvalue weighted by atomic mass is 16.5. The molecule has 0 unspecified atom stereocenters. The van der Waals surface area contributed by atoms with Crippen molar-refractivity contribution in [2.24, 2.45) is 0 Å². The van der Waals surface area contributed by atoms with Gasteiger partial charge in [-0.25, -0.2) is 0 Å². The van der Waals surface area contributed by atoms with Crippen LogP contribution in [-0.4, -0.2) is 42.3 Å². The second-order valence-corrected chi connectivity index (χ2v) is 7.91. The molecule has 0 fully saturated rings. The van der Waals surface area contributed by atoms with Crippen molar-refractivity contribution in [3.05, 3.63) is 95.1 Å². The van der Waals surface area contributed by atoms with Gasteiger partial charge in [-0.1, -0.05) is 36.4 Å². The van der Waals surface area contributed by atoms with E-state index in [9.17, 15) is 14.4 Å². The van der Waals surface area contributed by atoms with Gasteiger partial charge in [-0.15, -0.1) is 0 Å². The Morgan fingerprint density at radius 1 is 0.882 bits per heavy atom. The highest BCUT2D eigenvalue weighted by molar-refractivity contribution is 6.21. The maximum Gasteiger partial charge on any atom is 0.261 e. The minimum absolute atomic E-state index is 0.0834. The summed E-state index contributed by atoms with van der Waals surface area (Å²) in [6.45, 7) is 3.57. The Bertz CT molecular complexity index is 1160. The van der Waals surface area contributed by atoms with E-state index in [0.29, 0.717) is 41.2 Å². The lowest BCUT2D eigenvalue weighted by atomic mass is 10.1. The Morgan fingerprint density at radius 2 is 1.56 bits per heavy atom. The summed E-state index contributed by atoms with van der Waals surface area (Å²) >= 11 is 0. The van der Waals surface area contributed by atoms with E-state index in [4.69, 9.17) is 4.74 Å². The molecule has 3 amide bonds. The number of imide groups is 1. The molecule has 0 saturated carbocycles. The SMILES string of the molecule is CCOc1ccc(CN2C(=O)c3ccccc3C2=O)cc1C(=O)NCCCNc1ccccc1. The van der Waals surface area contributed by atoms with Crippen LogP contribution in [0, 0.1) is 0 Å². The third kappa shape index (κ3) is 5.09. The Labute approximate surface area is 198 Å². The Morgan fingerprint density at radius 3 is 2.24 bits per heavy atom. The molecule has 7 heteroatoms. The van der Waals surface area contributed by atoms with Crippen LogP contribution in [0.25, 0.3) is 0 Å². The lowest BCUT2D eigenvalue weighted by molar-refractivity contribution is 0.0642.